The monoisotopic (exact) mass is 438 g/mol. The molecule has 1 aliphatic rings. The van der Waals surface area contributed by atoms with Crippen LogP contribution in [0.4, 0.5) is 5.82 Å². The predicted octanol–water partition coefficient (Wildman–Crippen LogP) is 3.52. The first kappa shape index (κ1) is 23.2. The van der Waals surface area contributed by atoms with Crippen LogP contribution in [0.5, 0.6) is 0 Å². The highest BCUT2D eigenvalue weighted by Crippen LogP contribution is 2.25. The van der Waals surface area contributed by atoms with Gasteiger partial charge in [0.2, 0.25) is 17.7 Å². The van der Waals surface area contributed by atoms with E-state index in [1.165, 1.54) is 4.90 Å². The Morgan fingerprint density at radius 2 is 1.94 bits per heavy atom. The maximum Gasteiger partial charge on any atom is 0.247 e. The van der Waals surface area contributed by atoms with Gasteiger partial charge in [-0.25, -0.2) is 0 Å². The van der Waals surface area contributed by atoms with Crippen LogP contribution in [0.3, 0.4) is 0 Å². The van der Waals surface area contributed by atoms with Gasteiger partial charge in [0.25, 0.3) is 0 Å². The molecular formula is C24H30N4O4. The number of nitrogens with one attached hydrogen (secondary N) is 2. The molecule has 32 heavy (non-hydrogen) atoms. The third-order valence-electron chi connectivity index (χ3n) is 5.48. The normalized spacial score (nSPS) is 14.5. The lowest BCUT2D eigenvalue weighted by molar-refractivity contribution is -0.141. The molecule has 170 valence electrons. The van der Waals surface area contributed by atoms with Crippen molar-refractivity contribution in [3.8, 4) is 0 Å². The highest BCUT2D eigenvalue weighted by atomic mass is 16.5. The van der Waals surface area contributed by atoms with Crippen LogP contribution >= 0.6 is 0 Å². The van der Waals surface area contributed by atoms with Crippen LogP contribution in [0.1, 0.15) is 55.9 Å². The van der Waals surface area contributed by atoms with Gasteiger partial charge >= 0.3 is 0 Å². The average Bonchev–Trinajstić information content (AvgIpc) is 3.44. The fourth-order valence-corrected chi connectivity index (χ4v) is 3.94. The summed E-state index contributed by atoms with van der Waals surface area (Å²) in [4.78, 5) is 40.1. The zero-order valence-electron chi connectivity index (χ0n) is 18.4. The summed E-state index contributed by atoms with van der Waals surface area (Å²) < 4.78 is 4.93. The summed E-state index contributed by atoms with van der Waals surface area (Å²) in [6, 6.07) is 10.2. The summed E-state index contributed by atoms with van der Waals surface area (Å²) in [6.45, 7) is 5.67. The molecule has 0 spiro atoms. The quantitative estimate of drug-likeness (QED) is 0.552. The minimum Gasteiger partial charge on any atom is -0.360 e. The molecule has 1 aromatic carbocycles. The topological polar surface area (TPSA) is 105 Å². The Labute approximate surface area is 188 Å². The third kappa shape index (κ3) is 6.29. The van der Waals surface area contributed by atoms with Gasteiger partial charge in [0, 0.05) is 31.5 Å². The number of amides is 3. The van der Waals surface area contributed by atoms with E-state index in [2.05, 4.69) is 22.4 Å². The van der Waals surface area contributed by atoms with Crippen molar-refractivity contribution in [1.82, 2.24) is 15.4 Å². The molecule has 2 aromatic rings. The zero-order valence-corrected chi connectivity index (χ0v) is 18.4. The molecule has 1 aromatic heterocycles. The van der Waals surface area contributed by atoms with Crippen LogP contribution in [0.25, 0.3) is 0 Å². The molecule has 0 saturated heterocycles. The fraction of sp³-hybridized carbons (Fsp3) is 0.417. The maximum atomic E-state index is 13.3. The van der Waals surface area contributed by atoms with E-state index >= 15 is 0 Å². The van der Waals surface area contributed by atoms with Crippen molar-refractivity contribution >= 4 is 23.5 Å². The molecule has 0 bridgehead atoms. The molecule has 1 saturated carbocycles. The van der Waals surface area contributed by atoms with Crippen LogP contribution in [0.2, 0.25) is 0 Å². The summed E-state index contributed by atoms with van der Waals surface area (Å²) in [5.41, 5.74) is 0.723. The fourth-order valence-electron chi connectivity index (χ4n) is 3.94. The first-order valence-electron chi connectivity index (χ1n) is 11.0. The summed E-state index contributed by atoms with van der Waals surface area (Å²) in [7, 11) is 0. The van der Waals surface area contributed by atoms with Crippen molar-refractivity contribution in [1.29, 1.82) is 0 Å². The number of hydrogen-bond donors (Lipinski definition) is 2. The highest BCUT2D eigenvalue weighted by Gasteiger charge is 2.32. The lowest BCUT2D eigenvalue weighted by Gasteiger charge is -2.31. The van der Waals surface area contributed by atoms with Crippen LogP contribution in [0.15, 0.2) is 53.6 Å². The van der Waals surface area contributed by atoms with Gasteiger partial charge in [0.05, 0.1) is 0 Å². The van der Waals surface area contributed by atoms with E-state index < -0.39 is 6.04 Å². The first-order chi connectivity index (χ1) is 15.5. The summed E-state index contributed by atoms with van der Waals surface area (Å²) in [6.07, 6.45) is 5.59. The second kappa shape index (κ2) is 11.3. The van der Waals surface area contributed by atoms with Gasteiger partial charge in [-0.15, -0.1) is 6.58 Å². The van der Waals surface area contributed by atoms with E-state index in [9.17, 15) is 14.4 Å². The van der Waals surface area contributed by atoms with Gasteiger partial charge in [0.15, 0.2) is 5.82 Å². The molecule has 1 aliphatic carbocycles. The lowest BCUT2D eigenvalue weighted by Crippen LogP contribution is -2.46. The van der Waals surface area contributed by atoms with Crippen LogP contribution < -0.4 is 10.6 Å². The van der Waals surface area contributed by atoms with Crippen LogP contribution in [-0.2, 0) is 14.4 Å². The smallest absolute Gasteiger partial charge is 0.247 e. The maximum absolute atomic E-state index is 13.3. The van der Waals surface area contributed by atoms with Gasteiger partial charge in [-0.2, -0.15) is 0 Å². The van der Waals surface area contributed by atoms with Crippen LogP contribution in [0, 0.1) is 6.92 Å². The largest absolute Gasteiger partial charge is 0.360 e. The number of rotatable bonds is 10. The van der Waals surface area contributed by atoms with Gasteiger partial charge in [0.1, 0.15) is 11.8 Å². The van der Waals surface area contributed by atoms with E-state index in [0.29, 0.717) is 11.6 Å². The van der Waals surface area contributed by atoms with Crippen molar-refractivity contribution < 1.29 is 18.9 Å². The Balaban J connectivity index is 1.71. The number of nitrogens with zero attached hydrogens (tertiary/aromatic N) is 2. The number of anilines is 1. The first-order valence-corrected chi connectivity index (χ1v) is 11.0. The molecule has 8 nitrogen and oxygen atoms in total. The van der Waals surface area contributed by atoms with Crippen molar-refractivity contribution in [3.63, 3.8) is 0 Å². The molecule has 0 aliphatic heterocycles. The lowest BCUT2D eigenvalue weighted by atomic mass is 10.0. The Kier molecular flexibility index (Phi) is 8.19. The molecule has 3 amide bonds. The Morgan fingerprint density at radius 1 is 1.22 bits per heavy atom. The third-order valence-corrected chi connectivity index (χ3v) is 5.48. The molecule has 1 fully saturated rings. The highest BCUT2D eigenvalue weighted by molar-refractivity contribution is 5.94. The molecule has 1 heterocycles. The average molecular weight is 439 g/mol. The van der Waals surface area contributed by atoms with Crippen molar-refractivity contribution in [2.45, 2.75) is 57.5 Å². The van der Waals surface area contributed by atoms with Gasteiger partial charge in [-0.05, 0) is 25.3 Å². The molecule has 2 N–H and O–H groups in total. The Morgan fingerprint density at radius 3 is 2.56 bits per heavy atom. The molecule has 1 atom stereocenters. The summed E-state index contributed by atoms with van der Waals surface area (Å²) >= 11 is 0. The molecule has 0 radical (unpaired) electrons. The van der Waals surface area contributed by atoms with Crippen LogP contribution in [-0.4, -0.2) is 40.4 Å². The van der Waals surface area contributed by atoms with E-state index in [1.54, 1.807) is 19.1 Å². The second-order valence-corrected chi connectivity index (χ2v) is 8.01. The van der Waals surface area contributed by atoms with Gasteiger partial charge in [-0.3, -0.25) is 14.4 Å². The zero-order chi connectivity index (χ0) is 22.9. The minimum atomic E-state index is -0.788. The predicted molar refractivity (Wildman–Crippen MR) is 121 cm³/mol. The number of hydrogen-bond acceptors (Lipinski definition) is 5. The van der Waals surface area contributed by atoms with E-state index in [1.807, 2.05) is 30.3 Å². The minimum absolute atomic E-state index is 0.0376. The summed E-state index contributed by atoms with van der Waals surface area (Å²) in [5, 5.41) is 9.43. The number of aryl methyl sites for hydroxylation is 1. The van der Waals surface area contributed by atoms with E-state index in [4.69, 9.17) is 4.52 Å². The molecule has 3 rings (SSSR count). The molecule has 1 unspecified atom stereocenters. The van der Waals surface area contributed by atoms with Gasteiger partial charge in [-0.1, -0.05) is 54.4 Å². The molecular weight excluding hydrogens is 408 g/mol. The van der Waals surface area contributed by atoms with Crippen molar-refractivity contribution in [3.05, 3.63) is 60.4 Å². The number of benzene rings is 1. The van der Waals surface area contributed by atoms with Crippen molar-refractivity contribution in [2.75, 3.05) is 11.9 Å². The number of carbonyl (C=O) groups excluding carboxylic acids is 3. The Bertz CT molecular complexity index is 934. The standard InChI is InChI=1S/C24H30N4O4/c1-3-15-28(22(30)14-13-21(29)26-20-16-17(2)32-27-20)23(18-9-5-4-6-10-18)24(31)25-19-11-7-8-12-19/h3-6,9-10,16,19,23H,1,7-8,11-15H2,2H3,(H,25,31)(H,26,27,29). The summed E-state index contributed by atoms with van der Waals surface area (Å²) in [5.74, 6) is 0.0259. The van der Waals surface area contributed by atoms with Crippen molar-refractivity contribution in [2.24, 2.45) is 0 Å². The molecule has 8 heteroatoms. The number of aromatic nitrogens is 1. The second-order valence-electron chi connectivity index (χ2n) is 8.01. The number of carbonyl (C=O) groups is 3. The van der Waals surface area contributed by atoms with E-state index in [-0.39, 0.29) is 43.1 Å². The SMILES string of the molecule is C=CCN(C(=O)CCC(=O)Nc1cc(C)on1)C(C(=O)NC1CCCC1)c1ccccc1. The van der Waals surface area contributed by atoms with Gasteiger partial charge < -0.3 is 20.1 Å². The van der Waals surface area contributed by atoms with E-state index in [0.717, 1.165) is 31.2 Å². The Hall–Kier alpha value is -3.42.